The third-order valence-electron chi connectivity index (χ3n) is 4.13. The maximum absolute atomic E-state index is 12.4. The van der Waals surface area contributed by atoms with Crippen molar-refractivity contribution in [1.29, 1.82) is 0 Å². The minimum absolute atomic E-state index is 0.371. The topological polar surface area (TPSA) is 64.6 Å². The highest BCUT2D eigenvalue weighted by molar-refractivity contribution is 5.97. The number of anilines is 1. The van der Waals surface area contributed by atoms with E-state index in [1.807, 2.05) is 51.1 Å². The number of methoxy groups -OCH3 is 1. The molecule has 1 amide bonds. The van der Waals surface area contributed by atoms with Crippen molar-refractivity contribution in [2.45, 2.75) is 33.8 Å². The van der Waals surface area contributed by atoms with Crippen LogP contribution in [-0.2, 0) is 14.3 Å². The minimum atomic E-state index is -0.917. The zero-order valence-electron chi connectivity index (χ0n) is 16.3. The maximum Gasteiger partial charge on any atom is 0.331 e. The first kappa shape index (κ1) is 20.2. The fourth-order valence-corrected chi connectivity index (χ4v) is 2.83. The van der Waals surface area contributed by atoms with Gasteiger partial charge in [0.05, 0.1) is 7.11 Å². The van der Waals surface area contributed by atoms with Gasteiger partial charge in [-0.05, 0) is 51.0 Å². The Labute approximate surface area is 160 Å². The average molecular weight is 367 g/mol. The summed E-state index contributed by atoms with van der Waals surface area (Å²) in [6.07, 6.45) is 1.96. The highest BCUT2D eigenvalue weighted by atomic mass is 16.5. The highest BCUT2D eigenvalue weighted by Crippen LogP contribution is 2.22. The molecule has 1 N–H and O–H groups in total. The maximum atomic E-state index is 12.4. The van der Waals surface area contributed by atoms with Gasteiger partial charge in [0.15, 0.2) is 6.10 Å². The van der Waals surface area contributed by atoms with Gasteiger partial charge in [-0.3, -0.25) is 4.79 Å². The van der Waals surface area contributed by atoms with Crippen LogP contribution in [-0.4, -0.2) is 25.1 Å². The predicted molar refractivity (Wildman–Crippen MR) is 107 cm³/mol. The molecule has 0 aliphatic rings. The normalized spacial score (nSPS) is 11.9. The third kappa shape index (κ3) is 5.45. The number of aryl methyl sites for hydroxylation is 3. The molecule has 0 radical (unpaired) electrons. The van der Waals surface area contributed by atoms with Crippen LogP contribution in [0.4, 0.5) is 5.69 Å². The van der Waals surface area contributed by atoms with Crippen LogP contribution in [0.5, 0.6) is 5.75 Å². The van der Waals surface area contributed by atoms with E-state index in [1.54, 1.807) is 26.2 Å². The van der Waals surface area contributed by atoms with E-state index in [0.717, 1.165) is 27.9 Å². The number of para-hydroxylation sites is 1. The molecule has 0 fully saturated rings. The standard InChI is InChI=1S/C22H25NO4/c1-14-12-15(2)21(16(3)13-14)23-22(25)17(4)27-20(24)11-10-18-8-6-7-9-19(18)26-5/h6-13,17H,1-5H3,(H,23,25)/b11-10+/t17-/m1/s1. The molecule has 5 nitrogen and oxygen atoms in total. The number of carbonyl (C=O) groups is 2. The quantitative estimate of drug-likeness (QED) is 0.614. The van der Waals surface area contributed by atoms with E-state index in [1.165, 1.54) is 6.08 Å². The van der Waals surface area contributed by atoms with E-state index in [0.29, 0.717) is 5.75 Å². The lowest BCUT2D eigenvalue weighted by Gasteiger charge is -2.16. The molecule has 0 aliphatic heterocycles. The molecule has 0 bridgehead atoms. The van der Waals surface area contributed by atoms with Gasteiger partial charge in [0.25, 0.3) is 5.91 Å². The number of carbonyl (C=O) groups excluding carboxylic acids is 2. The number of nitrogens with one attached hydrogen (secondary N) is 1. The van der Waals surface area contributed by atoms with E-state index in [-0.39, 0.29) is 5.91 Å². The minimum Gasteiger partial charge on any atom is -0.496 e. The van der Waals surface area contributed by atoms with Crippen LogP contribution in [0.25, 0.3) is 6.08 Å². The van der Waals surface area contributed by atoms with Gasteiger partial charge in [-0.15, -0.1) is 0 Å². The fourth-order valence-electron chi connectivity index (χ4n) is 2.83. The molecular formula is C22H25NO4. The Kier molecular flexibility index (Phi) is 6.77. The van der Waals surface area contributed by atoms with Gasteiger partial charge in [-0.1, -0.05) is 35.9 Å². The molecule has 2 aromatic carbocycles. The molecule has 0 saturated heterocycles. The molecule has 0 heterocycles. The van der Waals surface area contributed by atoms with Gasteiger partial charge in [0.2, 0.25) is 0 Å². The Hall–Kier alpha value is -3.08. The number of rotatable bonds is 6. The third-order valence-corrected chi connectivity index (χ3v) is 4.13. The van der Waals surface area contributed by atoms with E-state index in [2.05, 4.69) is 5.32 Å². The average Bonchev–Trinajstić information content (AvgIpc) is 2.62. The summed E-state index contributed by atoms with van der Waals surface area (Å²) in [5, 5.41) is 2.84. The van der Waals surface area contributed by atoms with Crippen molar-refractivity contribution in [3.8, 4) is 5.75 Å². The van der Waals surface area contributed by atoms with Crippen LogP contribution in [0.3, 0.4) is 0 Å². The highest BCUT2D eigenvalue weighted by Gasteiger charge is 2.18. The number of ether oxygens (including phenoxy) is 2. The van der Waals surface area contributed by atoms with Crippen LogP contribution in [0.1, 0.15) is 29.2 Å². The lowest BCUT2D eigenvalue weighted by atomic mass is 10.0. The van der Waals surface area contributed by atoms with Crippen LogP contribution in [0.15, 0.2) is 42.5 Å². The van der Waals surface area contributed by atoms with Gasteiger partial charge < -0.3 is 14.8 Å². The van der Waals surface area contributed by atoms with Crippen LogP contribution >= 0.6 is 0 Å². The van der Waals surface area contributed by atoms with Gasteiger partial charge in [0.1, 0.15) is 5.75 Å². The lowest BCUT2D eigenvalue weighted by Crippen LogP contribution is -2.30. The van der Waals surface area contributed by atoms with Crippen molar-refractivity contribution in [2.24, 2.45) is 0 Å². The van der Waals surface area contributed by atoms with Gasteiger partial charge >= 0.3 is 5.97 Å². The molecule has 0 saturated carbocycles. The number of hydrogen-bond acceptors (Lipinski definition) is 4. The zero-order valence-corrected chi connectivity index (χ0v) is 16.3. The number of benzene rings is 2. The number of hydrogen-bond donors (Lipinski definition) is 1. The molecule has 0 unspecified atom stereocenters. The summed E-state index contributed by atoms with van der Waals surface area (Å²) in [4.78, 5) is 24.4. The first-order valence-corrected chi connectivity index (χ1v) is 8.72. The Bertz CT molecular complexity index is 847. The van der Waals surface area contributed by atoms with Gasteiger partial charge in [-0.2, -0.15) is 0 Å². The zero-order chi connectivity index (χ0) is 20.0. The SMILES string of the molecule is COc1ccccc1/C=C/C(=O)O[C@H](C)C(=O)Nc1c(C)cc(C)cc1C. The smallest absolute Gasteiger partial charge is 0.331 e. The molecule has 27 heavy (non-hydrogen) atoms. The monoisotopic (exact) mass is 367 g/mol. The molecule has 142 valence electrons. The van der Waals surface area contributed by atoms with E-state index in [4.69, 9.17) is 9.47 Å². The van der Waals surface area contributed by atoms with Gasteiger partial charge in [-0.25, -0.2) is 4.79 Å². The van der Waals surface area contributed by atoms with E-state index >= 15 is 0 Å². The van der Waals surface area contributed by atoms with Crippen LogP contribution < -0.4 is 10.1 Å². The molecule has 0 spiro atoms. The van der Waals surface area contributed by atoms with Gasteiger partial charge in [0, 0.05) is 17.3 Å². The summed E-state index contributed by atoms with van der Waals surface area (Å²) in [5.74, 6) is -0.317. The van der Waals surface area contributed by atoms with Crippen molar-refractivity contribution >= 4 is 23.6 Å². The van der Waals surface area contributed by atoms with E-state index in [9.17, 15) is 9.59 Å². The molecule has 2 rings (SSSR count). The predicted octanol–water partition coefficient (Wildman–Crippen LogP) is 4.20. The molecule has 0 aliphatic carbocycles. The molecule has 2 aromatic rings. The summed E-state index contributed by atoms with van der Waals surface area (Å²) in [6, 6.07) is 11.3. The number of esters is 1. The fraction of sp³-hybridized carbons (Fsp3) is 0.273. The largest absolute Gasteiger partial charge is 0.496 e. The van der Waals surface area contributed by atoms with Crippen LogP contribution in [0, 0.1) is 20.8 Å². The van der Waals surface area contributed by atoms with Crippen molar-refractivity contribution in [2.75, 3.05) is 12.4 Å². The Morgan fingerprint density at radius 3 is 2.33 bits per heavy atom. The summed E-state index contributed by atoms with van der Waals surface area (Å²) in [5.41, 5.74) is 4.56. The van der Waals surface area contributed by atoms with Crippen LogP contribution in [0.2, 0.25) is 0 Å². The van der Waals surface area contributed by atoms with E-state index < -0.39 is 12.1 Å². The first-order valence-electron chi connectivity index (χ1n) is 8.72. The Balaban J connectivity index is 2.00. The second-order valence-electron chi connectivity index (χ2n) is 6.42. The summed E-state index contributed by atoms with van der Waals surface area (Å²) in [7, 11) is 1.56. The molecule has 0 aromatic heterocycles. The summed E-state index contributed by atoms with van der Waals surface area (Å²) >= 11 is 0. The summed E-state index contributed by atoms with van der Waals surface area (Å²) in [6.45, 7) is 7.41. The molecule has 5 heteroatoms. The molecule has 1 atom stereocenters. The second-order valence-corrected chi connectivity index (χ2v) is 6.42. The Morgan fingerprint density at radius 2 is 1.70 bits per heavy atom. The van der Waals surface area contributed by atoms with Crippen molar-refractivity contribution in [1.82, 2.24) is 0 Å². The van der Waals surface area contributed by atoms with Crippen molar-refractivity contribution in [3.05, 3.63) is 64.7 Å². The Morgan fingerprint density at radius 1 is 1.07 bits per heavy atom. The molecular weight excluding hydrogens is 342 g/mol. The van der Waals surface area contributed by atoms with Crippen molar-refractivity contribution < 1.29 is 19.1 Å². The van der Waals surface area contributed by atoms with Crippen molar-refractivity contribution in [3.63, 3.8) is 0 Å². The second kappa shape index (κ2) is 9.03. The lowest BCUT2D eigenvalue weighted by molar-refractivity contribution is -0.148. The summed E-state index contributed by atoms with van der Waals surface area (Å²) < 4.78 is 10.4. The number of amides is 1. The first-order chi connectivity index (χ1) is 12.8.